The van der Waals surface area contributed by atoms with Crippen LogP contribution in [0, 0.1) is 0 Å². The van der Waals surface area contributed by atoms with E-state index in [-0.39, 0.29) is 25.7 Å². The highest BCUT2D eigenvalue weighted by atomic mass is 31.2. The molecule has 0 aliphatic heterocycles. The van der Waals surface area contributed by atoms with Crippen LogP contribution in [0.3, 0.4) is 0 Å². The number of hydrogen-bond donors (Lipinski definition) is 3. The lowest BCUT2D eigenvalue weighted by atomic mass is 10.0. The summed E-state index contributed by atoms with van der Waals surface area (Å²) in [5.41, 5.74) is 0. The van der Waals surface area contributed by atoms with Gasteiger partial charge >= 0.3 is 39.5 Å². The fraction of sp³-hybridized carbons (Fsp3) is 0.694. The van der Waals surface area contributed by atoms with Crippen molar-refractivity contribution in [2.75, 3.05) is 39.6 Å². The molecule has 0 saturated carbocycles. The Morgan fingerprint density at radius 3 is 0.827 bits per heavy atom. The highest BCUT2D eigenvalue weighted by molar-refractivity contribution is 7.47. The number of carbonyl (C=O) groups excluding carboxylic acids is 4. The minimum Gasteiger partial charge on any atom is -0.462 e. The lowest BCUT2D eigenvalue weighted by molar-refractivity contribution is -0.161. The molecule has 0 amide bonds. The molecule has 0 fully saturated rings. The van der Waals surface area contributed by atoms with Crippen molar-refractivity contribution in [2.24, 2.45) is 0 Å². The molecule has 596 valence electrons. The second-order valence-electron chi connectivity index (χ2n) is 26.6. The molecule has 0 aromatic heterocycles. The molecule has 0 bridgehead atoms. The minimum atomic E-state index is -5.01. The number of aliphatic hydroxyl groups is 1. The van der Waals surface area contributed by atoms with Crippen molar-refractivity contribution in [3.63, 3.8) is 0 Å². The number of hydrogen-bond acceptors (Lipinski definition) is 15. The Labute approximate surface area is 631 Å². The predicted molar refractivity (Wildman–Crippen MR) is 427 cm³/mol. The summed E-state index contributed by atoms with van der Waals surface area (Å²) in [4.78, 5) is 73.0. The highest BCUT2D eigenvalue weighted by Gasteiger charge is 2.30. The number of rotatable bonds is 75. The van der Waals surface area contributed by atoms with E-state index in [2.05, 4.69) is 143 Å². The number of ether oxygens (including phenoxy) is 4. The second kappa shape index (κ2) is 76.4. The van der Waals surface area contributed by atoms with Crippen molar-refractivity contribution in [1.82, 2.24) is 0 Å². The van der Waals surface area contributed by atoms with Gasteiger partial charge in [0.15, 0.2) is 12.2 Å². The molecule has 0 aliphatic rings. The fourth-order valence-electron chi connectivity index (χ4n) is 10.6. The van der Waals surface area contributed by atoms with E-state index in [0.29, 0.717) is 32.1 Å². The van der Waals surface area contributed by atoms with E-state index in [9.17, 15) is 43.2 Å². The van der Waals surface area contributed by atoms with E-state index in [4.69, 9.17) is 37.0 Å². The molecule has 0 saturated heterocycles. The van der Waals surface area contributed by atoms with Crippen LogP contribution in [-0.4, -0.2) is 96.7 Å². The summed E-state index contributed by atoms with van der Waals surface area (Å²) in [6.07, 6.45) is 85.9. The third-order valence-electron chi connectivity index (χ3n) is 16.7. The minimum absolute atomic E-state index is 0.0254. The van der Waals surface area contributed by atoms with Crippen LogP contribution < -0.4 is 0 Å². The van der Waals surface area contributed by atoms with Gasteiger partial charge in [-0.15, -0.1) is 0 Å². The van der Waals surface area contributed by atoms with Crippen molar-refractivity contribution in [3.05, 3.63) is 134 Å². The second-order valence-corrected chi connectivity index (χ2v) is 29.5. The molecule has 17 nitrogen and oxygen atoms in total. The topological polar surface area (TPSA) is 237 Å². The van der Waals surface area contributed by atoms with Gasteiger partial charge < -0.3 is 33.8 Å². The molecule has 2 unspecified atom stereocenters. The van der Waals surface area contributed by atoms with E-state index < -0.39 is 97.5 Å². The average Bonchev–Trinajstić information content (AvgIpc) is 0.906. The number of phosphoric acid groups is 2. The van der Waals surface area contributed by atoms with Gasteiger partial charge in [0.05, 0.1) is 26.4 Å². The summed E-state index contributed by atoms with van der Waals surface area (Å²) in [5.74, 6) is -2.30. The van der Waals surface area contributed by atoms with Gasteiger partial charge in [0, 0.05) is 25.7 Å². The molecule has 0 spiro atoms. The summed E-state index contributed by atoms with van der Waals surface area (Å²) in [6, 6.07) is 0. The fourth-order valence-corrected chi connectivity index (χ4v) is 12.1. The van der Waals surface area contributed by atoms with E-state index in [1.165, 1.54) is 109 Å². The van der Waals surface area contributed by atoms with Crippen LogP contribution in [0.25, 0.3) is 0 Å². The molecule has 0 radical (unpaired) electrons. The molecule has 104 heavy (non-hydrogen) atoms. The van der Waals surface area contributed by atoms with Crippen LogP contribution in [0.15, 0.2) is 134 Å². The van der Waals surface area contributed by atoms with Crippen LogP contribution >= 0.6 is 15.6 Å². The van der Waals surface area contributed by atoms with E-state index in [1.54, 1.807) is 0 Å². The molecular formula is C85H144O17P2. The number of aliphatic hydroxyl groups excluding tert-OH is 1. The molecule has 0 aromatic rings. The summed E-state index contributed by atoms with van der Waals surface area (Å²) >= 11 is 0. The Kier molecular flexibility index (Phi) is 72.9. The first-order valence-corrected chi connectivity index (χ1v) is 43.4. The summed E-state index contributed by atoms with van der Waals surface area (Å²) in [6.45, 7) is 4.55. The van der Waals surface area contributed by atoms with E-state index in [1.807, 2.05) is 18.2 Å². The summed E-state index contributed by atoms with van der Waals surface area (Å²) in [5, 5.41) is 10.6. The number of esters is 4. The van der Waals surface area contributed by atoms with Crippen LogP contribution in [0.4, 0.5) is 0 Å². The van der Waals surface area contributed by atoms with E-state index in [0.717, 1.165) is 128 Å². The van der Waals surface area contributed by atoms with Crippen molar-refractivity contribution >= 4 is 39.5 Å². The maximum absolute atomic E-state index is 13.1. The van der Waals surface area contributed by atoms with Crippen molar-refractivity contribution in [1.29, 1.82) is 0 Å². The summed E-state index contributed by atoms with van der Waals surface area (Å²) in [7, 11) is -9.99. The van der Waals surface area contributed by atoms with Crippen LogP contribution in [0.1, 0.15) is 323 Å². The first-order valence-electron chi connectivity index (χ1n) is 40.4. The lowest BCUT2D eigenvalue weighted by Gasteiger charge is -2.21. The Bertz CT molecular complexity index is 2490. The van der Waals surface area contributed by atoms with Gasteiger partial charge in [-0.25, -0.2) is 9.13 Å². The molecule has 0 aliphatic carbocycles. The zero-order chi connectivity index (χ0) is 76.0. The maximum atomic E-state index is 13.1. The number of unbranched alkanes of at least 4 members (excludes halogenated alkanes) is 27. The van der Waals surface area contributed by atoms with E-state index >= 15 is 0 Å². The van der Waals surface area contributed by atoms with Crippen LogP contribution in [0.2, 0.25) is 0 Å². The van der Waals surface area contributed by atoms with Crippen molar-refractivity contribution < 1.29 is 80.2 Å². The van der Waals surface area contributed by atoms with Gasteiger partial charge in [-0.2, -0.15) is 0 Å². The van der Waals surface area contributed by atoms with Gasteiger partial charge in [0.25, 0.3) is 0 Å². The summed E-state index contributed by atoms with van der Waals surface area (Å²) < 4.78 is 68.5. The van der Waals surface area contributed by atoms with Crippen molar-refractivity contribution in [3.8, 4) is 0 Å². The molecule has 3 N–H and O–H groups in total. The standard InChI is InChI=1S/C85H144O17P2/c1-5-9-13-17-21-25-29-33-35-37-39-41-43-47-50-54-58-62-66-70-83(88)96-76-81(102-85(90)72-68-64-60-56-52-48-44-42-40-38-36-34-30-26-22-18-14-10-6-2)78-100-104(93,94)98-74-79(86)73-97-103(91,92)99-77-80(101-84(89)71-67-63-59-55-51-46-32-28-24-20-16-12-8-4)75-95-82(87)69-65-61-57-53-49-45-31-27-23-19-15-11-7-3/h9-10,13-14,21-22,25-26,33-36,39-42,47-48,50,52,58,62,79-81,86H,5-8,11-12,15-20,23-24,27-32,37-38,43-46,49,51,53-57,59-61,63-78H2,1-4H3,(H,91,92)(H,93,94)/b13-9-,14-10-,25-21-,26-22-,35-33-,36-34-,41-39-,42-40-,50-47-,52-48-,62-58-/t79-,80+,81+/m0/s1. The zero-order valence-corrected chi connectivity index (χ0v) is 66.9. The molecule has 5 atom stereocenters. The van der Waals surface area contributed by atoms with Crippen LogP contribution in [-0.2, 0) is 65.4 Å². The first kappa shape index (κ1) is 99.2. The molecule has 0 aromatic carbocycles. The smallest absolute Gasteiger partial charge is 0.462 e. The third-order valence-corrected chi connectivity index (χ3v) is 18.6. The molecule has 19 heteroatoms. The molecule has 0 rings (SSSR count). The number of carbonyl (C=O) groups is 4. The quantitative estimate of drug-likeness (QED) is 0.0169. The Morgan fingerprint density at radius 2 is 0.519 bits per heavy atom. The van der Waals surface area contributed by atoms with Gasteiger partial charge in [-0.05, 0) is 109 Å². The molecular weight excluding hydrogens is 1350 g/mol. The average molecular weight is 1500 g/mol. The zero-order valence-electron chi connectivity index (χ0n) is 65.2. The molecule has 0 heterocycles. The predicted octanol–water partition coefficient (Wildman–Crippen LogP) is 23.7. The van der Waals surface area contributed by atoms with Gasteiger partial charge in [0.2, 0.25) is 0 Å². The van der Waals surface area contributed by atoms with Crippen LogP contribution in [0.5, 0.6) is 0 Å². The Balaban J connectivity index is 5.46. The van der Waals surface area contributed by atoms with Gasteiger partial charge in [-0.1, -0.05) is 322 Å². The Hall–Kier alpha value is -4.80. The SMILES string of the molecule is CC/C=C\C/C=C\C/C=C\C/C=C\C/C=C\C/C=C\CCC(=O)OC[C@H](COP(=O)(O)OC[C@@H](O)COP(=O)(O)OC[C@@H](COC(=O)CCCCCCCCCCCCCCC)OC(=O)CCCCCCCCCCCCCCC)OC(=O)CCCCC/C=C\C/C=C\C/C=C\C/C=C\C/C=C\CC. The monoisotopic (exact) mass is 1500 g/mol. The Morgan fingerprint density at radius 1 is 0.279 bits per heavy atom. The first-order chi connectivity index (χ1) is 50.7. The third kappa shape index (κ3) is 75.4. The highest BCUT2D eigenvalue weighted by Crippen LogP contribution is 2.45. The maximum Gasteiger partial charge on any atom is 0.472 e. The lowest BCUT2D eigenvalue weighted by Crippen LogP contribution is -2.30. The van der Waals surface area contributed by atoms with Crippen molar-refractivity contribution in [2.45, 2.75) is 341 Å². The normalized spacial score (nSPS) is 14.6. The van der Waals surface area contributed by atoms with Gasteiger partial charge in [-0.3, -0.25) is 37.3 Å². The number of allylic oxidation sites excluding steroid dienone is 22. The number of phosphoric ester groups is 2. The largest absolute Gasteiger partial charge is 0.472 e. The van der Waals surface area contributed by atoms with Gasteiger partial charge in [0.1, 0.15) is 19.3 Å².